The van der Waals surface area contributed by atoms with E-state index in [9.17, 15) is 4.79 Å². The fourth-order valence-corrected chi connectivity index (χ4v) is 3.13. The number of anilines is 1. The number of fused-ring (bicyclic) bond motifs is 2. The summed E-state index contributed by atoms with van der Waals surface area (Å²) >= 11 is 0. The maximum atomic E-state index is 11.6. The quantitative estimate of drug-likeness (QED) is 0.690. The van der Waals surface area contributed by atoms with E-state index in [-0.39, 0.29) is 5.91 Å². The average Bonchev–Trinajstić information content (AvgIpc) is 3.09. The van der Waals surface area contributed by atoms with Crippen molar-refractivity contribution < 1.29 is 4.79 Å². The summed E-state index contributed by atoms with van der Waals surface area (Å²) in [6, 6.07) is 10.3. The third-order valence-electron chi connectivity index (χ3n) is 4.25. The lowest BCUT2D eigenvalue weighted by molar-refractivity contribution is -0.116. The Kier molecular flexibility index (Phi) is 2.79. The monoisotopic (exact) mass is 291 g/mol. The minimum absolute atomic E-state index is 0.106. The number of nitrogens with zero attached hydrogens (tertiary/aromatic N) is 3. The van der Waals surface area contributed by atoms with Gasteiger partial charge in [0.25, 0.3) is 0 Å². The topological polar surface area (TPSA) is 37.6 Å². The van der Waals surface area contributed by atoms with Gasteiger partial charge in [-0.15, -0.1) is 0 Å². The summed E-state index contributed by atoms with van der Waals surface area (Å²) in [6.45, 7) is 4.47. The van der Waals surface area contributed by atoms with E-state index in [1.54, 1.807) is 6.92 Å². The van der Waals surface area contributed by atoms with Crippen molar-refractivity contribution in [3.63, 3.8) is 0 Å². The number of carbonyl (C=O) groups is 1. The van der Waals surface area contributed by atoms with Crippen molar-refractivity contribution >= 4 is 17.2 Å². The second-order valence-corrected chi connectivity index (χ2v) is 5.86. The minimum atomic E-state index is 0.106. The number of hydrogen-bond acceptors (Lipinski definition) is 2. The molecule has 0 atom stereocenters. The zero-order valence-electron chi connectivity index (χ0n) is 12.7. The Morgan fingerprint density at radius 2 is 2.05 bits per heavy atom. The predicted octanol–water partition coefficient (Wildman–Crippen LogP) is 3.22. The zero-order chi connectivity index (χ0) is 15.3. The first-order chi connectivity index (χ1) is 10.6. The Morgan fingerprint density at radius 1 is 1.18 bits per heavy atom. The average molecular weight is 291 g/mol. The van der Waals surface area contributed by atoms with Gasteiger partial charge in [-0.1, -0.05) is 12.1 Å². The molecule has 0 saturated carbocycles. The number of pyridine rings is 1. The van der Waals surface area contributed by atoms with Crippen molar-refractivity contribution in [3.8, 4) is 11.3 Å². The summed E-state index contributed by atoms with van der Waals surface area (Å²) in [5.41, 5.74) is 6.49. The first-order valence-electron chi connectivity index (χ1n) is 7.48. The smallest absolute Gasteiger partial charge is 0.223 e. The Bertz CT molecular complexity index is 894. The summed E-state index contributed by atoms with van der Waals surface area (Å²) < 4.78 is 2.06. The van der Waals surface area contributed by atoms with Crippen molar-refractivity contribution in [3.05, 3.63) is 53.9 Å². The zero-order valence-corrected chi connectivity index (χ0v) is 12.7. The van der Waals surface area contributed by atoms with Gasteiger partial charge in [0.15, 0.2) is 0 Å². The van der Waals surface area contributed by atoms with Crippen molar-refractivity contribution in [2.75, 3.05) is 11.4 Å². The van der Waals surface area contributed by atoms with Crippen LogP contribution in [-0.2, 0) is 11.2 Å². The molecule has 1 amide bonds. The number of imidazole rings is 1. The molecule has 0 saturated heterocycles. The van der Waals surface area contributed by atoms with Crippen LogP contribution in [0.3, 0.4) is 0 Å². The largest absolute Gasteiger partial charge is 0.312 e. The van der Waals surface area contributed by atoms with E-state index in [1.165, 1.54) is 11.1 Å². The van der Waals surface area contributed by atoms with Crippen LogP contribution in [0.15, 0.2) is 42.7 Å². The fourth-order valence-electron chi connectivity index (χ4n) is 3.13. The third kappa shape index (κ3) is 1.99. The lowest BCUT2D eigenvalue weighted by Gasteiger charge is -2.14. The first kappa shape index (κ1) is 13.1. The molecule has 1 aliphatic rings. The molecule has 4 nitrogen and oxygen atoms in total. The SMILES string of the molecule is CC(=O)N1CCc2cc(-c3cn4cc(C)ccc4n3)ccc21. The van der Waals surface area contributed by atoms with Crippen LogP contribution in [0.4, 0.5) is 5.69 Å². The maximum Gasteiger partial charge on any atom is 0.223 e. The predicted molar refractivity (Wildman–Crippen MR) is 87.1 cm³/mol. The molecule has 4 heteroatoms. The van der Waals surface area contributed by atoms with E-state index >= 15 is 0 Å². The van der Waals surface area contributed by atoms with Gasteiger partial charge in [0.2, 0.25) is 5.91 Å². The van der Waals surface area contributed by atoms with E-state index < -0.39 is 0 Å². The van der Waals surface area contributed by atoms with Crippen molar-refractivity contribution in [2.45, 2.75) is 20.3 Å². The molecular formula is C18H17N3O. The second kappa shape index (κ2) is 4.70. The fraction of sp³-hybridized carbons (Fsp3) is 0.222. The minimum Gasteiger partial charge on any atom is -0.312 e. The molecule has 3 aromatic rings. The highest BCUT2D eigenvalue weighted by atomic mass is 16.2. The maximum absolute atomic E-state index is 11.6. The summed E-state index contributed by atoms with van der Waals surface area (Å²) in [5.74, 6) is 0.106. The van der Waals surface area contributed by atoms with Crippen LogP contribution >= 0.6 is 0 Å². The number of aromatic nitrogens is 2. The Balaban J connectivity index is 1.78. The molecule has 2 aromatic heterocycles. The van der Waals surface area contributed by atoms with Crippen LogP contribution in [0.25, 0.3) is 16.9 Å². The molecule has 22 heavy (non-hydrogen) atoms. The Hall–Kier alpha value is -2.62. The van der Waals surface area contributed by atoms with Crippen LogP contribution < -0.4 is 4.90 Å². The van der Waals surface area contributed by atoms with Gasteiger partial charge in [-0.3, -0.25) is 4.79 Å². The van der Waals surface area contributed by atoms with Crippen LogP contribution in [0, 0.1) is 6.92 Å². The van der Waals surface area contributed by atoms with Crippen molar-refractivity contribution in [1.29, 1.82) is 0 Å². The molecular weight excluding hydrogens is 274 g/mol. The molecule has 0 spiro atoms. The number of hydrogen-bond donors (Lipinski definition) is 0. The highest BCUT2D eigenvalue weighted by molar-refractivity contribution is 5.94. The van der Waals surface area contributed by atoms with Gasteiger partial charge in [-0.2, -0.15) is 0 Å². The number of rotatable bonds is 1. The molecule has 0 N–H and O–H groups in total. The van der Waals surface area contributed by atoms with Crippen LogP contribution in [0.2, 0.25) is 0 Å². The normalized spacial score (nSPS) is 13.6. The Labute approximate surface area is 129 Å². The van der Waals surface area contributed by atoms with Crippen molar-refractivity contribution in [1.82, 2.24) is 9.38 Å². The van der Waals surface area contributed by atoms with Gasteiger partial charge in [-0.05, 0) is 42.7 Å². The van der Waals surface area contributed by atoms with Gasteiger partial charge < -0.3 is 9.30 Å². The van der Waals surface area contributed by atoms with Crippen LogP contribution in [0.1, 0.15) is 18.1 Å². The van der Waals surface area contributed by atoms with E-state index in [4.69, 9.17) is 0 Å². The van der Waals surface area contributed by atoms with E-state index in [2.05, 4.69) is 46.9 Å². The van der Waals surface area contributed by atoms with E-state index in [0.29, 0.717) is 0 Å². The molecule has 1 aromatic carbocycles. The van der Waals surface area contributed by atoms with E-state index in [1.807, 2.05) is 17.0 Å². The molecule has 0 fully saturated rings. The number of carbonyl (C=O) groups excluding carboxylic acids is 1. The molecule has 3 heterocycles. The summed E-state index contributed by atoms with van der Waals surface area (Å²) in [5, 5.41) is 0. The lowest BCUT2D eigenvalue weighted by Crippen LogP contribution is -2.25. The van der Waals surface area contributed by atoms with Crippen LogP contribution in [0.5, 0.6) is 0 Å². The van der Waals surface area contributed by atoms with E-state index in [0.717, 1.165) is 35.6 Å². The first-order valence-corrected chi connectivity index (χ1v) is 7.48. The summed E-state index contributed by atoms with van der Waals surface area (Å²) in [4.78, 5) is 18.1. The molecule has 0 radical (unpaired) electrons. The highest BCUT2D eigenvalue weighted by Gasteiger charge is 2.22. The van der Waals surface area contributed by atoms with Crippen LogP contribution in [-0.4, -0.2) is 21.8 Å². The number of aryl methyl sites for hydroxylation is 1. The summed E-state index contributed by atoms with van der Waals surface area (Å²) in [6.07, 6.45) is 5.05. The molecule has 110 valence electrons. The molecule has 0 bridgehead atoms. The third-order valence-corrected chi connectivity index (χ3v) is 4.25. The lowest BCUT2D eigenvalue weighted by atomic mass is 10.1. The number of benzene rings is 1. The highest BCUT2D eigenvalue weighted by Crippen LogP contribution is 2.32. The van der Waals surface area contributed by atoms with Gasteiger partial charge in [0, 0.05) is 37.1 Å². The Morgan fingerprint density at radius 3 is 2.86 bits per heavy atom. The second-order valence-electron chi connectivity index (χ2n) is 5.86. The standard InChI is InChI=1S/C18H17N3O/c1-12-3-6-18-19-16(11-20(18)10-12)14-4-5-17-15(9-14)7-8-21(17)13(2)22/h3-6,9-11H,7-8H2,1-2H3. The summed E-state index contributed by atoms with van der Waals surface area (Å²) in [7, 11) is 0. The van der Waals surface area contributed by atoms with Gasteiger partial charge in [-0.25, -0.2) is 4.98 Å². The van der Waals surface area contributed by atoms with Gasteiger partial charge >= 0.3 is 0 Å². The molecule has 4 rings (SSSR count). The molecule has 0 unspecified atom stereocenters. The van der Waals surface area contributed by atoms with Crippen molar-refractivity contribution in [2.24, 2.45) is 0 Å². The molecule has 1 aliphatic heterocycles. The van der Waals surface area contributed by atoms with Gasteiger partial charge in [0.1, 0.15) is 5.65 Å². The van der Waals surface area contributed by atoms with Gasteiger partial charge in [0.05, 0.1) is 5.69 Å². The molecule has 0 aliphatic carbocycles. The number of amides is 1.